The maximum atomic E-state index is 13.9. The summed E-state index contributed by atoms with van der Waals surface area (Å²) in [4.78, 5) is 0. The summed E-state index contributed by atoms with van der Waals surface area (Å²) in [6.45, 7) is 2.57. The fourth-order valence-corrected chi connectivity index (χ4v) is 3.76. The Bertz CT molecular complexity index is 1110. The van der Waals surface area contributed by atoms with E-state index in [0.717, 1.165) is 17.7 Å². The molecule has 1 aromatic heterocycles. The molecule has 0 saturated carbocycles. The molecule has 0 atom stereocenters. The van der Waals surface area contributed by atoms with Crippen LogP contribution in [0.1, 0.15) is 11.1 Å². The van der Waals surface area contributed by atoms with Crippen LogP contribution in [-0.4, -0.2) is 0 Å². The van der Waals surface area contributed by atoms with Crippen molar-refractivity contribution in [3.8, 4) is 11.3 Å². The smallest absolute Gasteiger partial charge is 0.207 e. The van der Waals surface area contributed by atoms with Gasteiger partial charge in [0.1, 0.15) is 5.82 Å². The molecule has 1 aliphatic heterocycles. The molecule has 0 saturated heterocycles. The summed E-state index contributed by atoms with van der Waals surface area (Å²) < 4.78 is 16.1. The number of benzene rings is 3. The first-order chi connectivity index (χ1) is 11.2. The second kappa shape index (κ2) is 4.39. The first kappa shape index (κ1) is 12.8. The fourth-order valence-electron chi connectivity index (χ4n) is 3.76. The van der Waals surface area contributed by atoms with Gasteiger partial charge in [-0.2, -0.15) is 4.57 Å². The maximum Gasteiger partial charge on any atom is 0.221 e. The topological polar surface area (TPSA) is 3.88 Å². The van der Waals surface area contributed by atoms with E-state index in [9.17, 15) is 4.39 Å². The molecule has 0 spiro atoms. The van der Waals surface area contributed by atoms with E-state index in [1.54, 1.807) is 6.07 Å². The number of rotatable bonds is 0. The van der Waals surface area contributed by atoms with Crippen LogP contribution in [0, 0.1) is 12.7 Å². The Morgan fingerprint density at radius 1 is 0.913 bits per heavy atom. The summed E-state index contributed by atoms with van der Waals surface area (Å²) in [6.07, 6.45) is 2.12. The number of aryl methyl sites for hydroxylation is 1. The van der Waals surface area contributed by atoms with Gasteiger partial charge in [0.2, 0.25) is 5.69 Å². The quantitative estimate of drug-likeness (QED) is 0.287. The number of fused-ring (bicyclic) bond motifs is 7. The van der Waals surface area contributed by atoms with Crippen molar-refractivity contribution in [2.75, 3.05) is 0 Å². The number of pyridine rings is 1. The Balaban J connectivity index is 1.92. The van der Waals surface area contributed by atoms with E-state index in [0.29, 0.717) is 5.56 Å². The van der Waals surface area contributed by atoms with Crippen LogP contribution in [-0.2, 0) is 6.54 Å². The Labute approximate surface area is 133 Å². The summed E-state index contributed by atoms with van der Waals surface area (Å²) in [6, 6.07) is 18.7. The van der Waals surface area contributed by atoms with Crippen molar-refractivity contribution < 1.29 is 8.96 Å². The highest BCUT2D eigenvalue weighted by Gasteiger charge is 2.29. The predicted octanol–water partition coefficient (Wildman–Crippen LogP) is 4.76. The standard InChI is InChI=1S/C21H15FN/c1-13-10-19-15(11-20(13)22)12-23-9-8-17-16-5-3-2-4-14(16)6-7-18(17)21(19)23/h2-11H,12H2,1H3/q+1. The van der Waals surface area contributed by atoms with E-state index >= 15 is 0 Å². The van der Waals surface area contributed by atoms with Crippen LogP contribution in [0.25, 0.3) is 32.8 Å². The molecule has 0 fully saturated rings. The molecule has 0 N–H and O–H groups in total. The molecule has 5 rings (SSSR count). The van der Waals surface area contributed by atoms with E-state index in [1.165, 1.54) is 27.2 Å². The molecular weight excluding hydrogens is 285 g/mol. The zero-order valence-electron chi connectivity index (χ0n) is 12.8. The van der Waals surface area contributed by atoms with Crippen LogP contribution >= 0.6 is 0 Å². The van der Waals surface area contributed by atoms with E-state index in [2.05, 4.69) is 53.2 Å². The second-order valence-electron chi connectivity index (χ2n) is 6.30. The zero-order chi connectivity index (χ0) is 15.6. The van der Waals surface area contributed by atoms with Crippen LogP contribution < -0.4 is 4.57 Å². The zero-order valence-corrected chi connectivity index (χ0v) is 12.8. The molecule has 3 aromatic carbocycles. The largest absolute Gasteiger partial charge is 0.221 e. The van der Waals surface area contributed by atoms with Gasteiger partial charge in [-0.1, -0.05) is 30.3 Å². The number of aromatic nitrogens is 1. The monoisotopic (exact) mass is 300 g/mol. The molecule has 1 aliphatic rings. The molecule has 2 heteroatoms. The van der Waals surface area contributed by atoms with Gasteiger partial charge in [-0.15, -0.1) is 0 Å². The highest BCUT2D eigenvalue weighted by Crippen LogP contribution is 2.36. The summed E-state index contributed by atoms with van der Waals surface area (Å²) in [5, 5.41) is 5.00. The van der Waals surface area contributed by atoms with Gasteiger partial charge in [0, 0.05) is 17.0 Å². The third kappa shape index (κ3) is 1.69. The number of hydrogen-bond donors (Lipinski definition) is 0. The van der Waals surface area contributed by atoms with Crippen molar-refractivity contribution in [1.29, 1.82) is 0 Å². The number of hydrogen-bond acceptors (Lipinski definition) is 0. The summed E-state index contributed by atoms with van der Waals surface area (Å²) in [5.74, 6) is -0.119. The van der Waals surface area contributed by atoms with Crippen LogP contribution in [0.4, 0.5) is 4.39 Å². The predicted molar refractivity (Wildman–Crippen MR) is 90.9 cm³/mol. The maximum absolute atomic E-state index is 13.9. The van der Waals surface area contributed by atoms with Crippen molar-refractivity contribution in [1.82, 2.24) is 0 Å². The van der Waals surface area contributed by atoms with Crippen LogP contribution in [0.2, 0.25) is 0 Å². The van der Waals surface area contributed by atoms with Gasteiger partial charge in [-0.25, -0.2) is 4.39 Å². The van der Waals surface area contributed by atoms with Crippen molar-refractivity contribution >= 4 is 21.5 Å². The van der Waals surface area contributed by atoms with Crippen molar-refractivity contribution in [2.45, 2.75) is 13.5 Å². The highest BCUT2D eigenvalue weighted by atomic mass is 19.1. The lowest BCUT2D eigenvalue weighted by Gasteiger charge is -2.05. The third-order valence-corrected chi connectivity index (χ3v) is 4.91. The first-order valence-corrected chi connectivity index (χ1v) is 7.86. The Kier molecular flexibility index (Phi) is 2.44. The molecule has 2 heterocycles. The molecule has 110 valence electrons. The molecule has 4 aromatic rings. The summed E-state index contributed by atoms with van der Waals surface area (Å²) >= 11 is 0. The lowest BCUT2D eigenvalue weighted by Crippen LogP contribution is -2.31. The minimum Gasteiger partial charge on any atom is -0.207 e. The normalized spacial score (nSPS) is 12.6. The van der Waals surface area contributed by atoms with Gasteiger partial charge in [0.05, 0.1) is 10.9 Å². The second-order valence-corrected chi connectivity index (χ2v) is 6.30. The van der Waals surface area contributed by atoms with Gasteiger partial charge >= 0.3 is 0 Å². The van der Waals surface area contributed by atoms with Gasteiger partial charge < -0.3 is 0 Å². The van der Waals surface area contributed by atoms with E-state index in [4.69, 9.17) is 0 Å². The number of nitrogens with zero attached hydrogens (tertiary/aromatic N) is 1. The SMILES string of the molecule is Cc1cc2c(cc1F)C[n+]1ccc3c(ccc4ccccc43)c1-2. The molecule has 0 aliphatic carbocycles. The lowest BCUT2D eigenvalue weighted by atomic mass is 9.97. The van der Waals surface area contributed by atoms with Crippen molar-refractivity contribution in [3.63, 3.8) is 0 Å². The fraction of sp³-hybridized carbons (Fsp3) is 0.0952. The average Bonchev–Trinajstić information content (AvgIpc) is 2.92. The van der Waals surface area contributed by atoms with Gasteiger partial charge in [-0.3, -0.25) is 0 Å². The third-order valence-electron chi connectivity index (χ3n) is 4.91. The van der Waals surface area contributed by atoms with Crippen LogP contribution in [0.3, 0.4) is 0 Å². The first-order valence-electron chi connectivity index (χ1n) is 7.86. The van der Waals surface area contributed by atoms with Crippen LogP contribution in [0.15, 0.2) is 60.8 Å². The van der Waals surface area contributed by atoms with Gasteiger partial charge in [-0.05, 0) is 41.5 Å². The molecule has 0 amide bonds. The molecule has 0 radical (unpaired) electrons. The molecule has 1 nitrogen and oxygen atoms in total. The molecule has 0 unspecified atom stereocenters. The minimum absolute atomic E-state index is 0.119. The minimum atomic E-state index is -0.119. The highest BCUT2D eigenvalue weighted by molar-refractivity contribution is 6.10. The van der Waals surface area contributed by atoms with Crippen molar-refractivity contribution in [2.24, 2.45) is 0 Å². The summed E-state index contributed by atoms with van der Waals surface area (Å²) in [5.41, 5.74) is 4.12. The lowest BCUT2D eigenvalue weighted by molar-refractivity contribution is -0.671. The van der Waals surface area contributed by atoms with E-state index < -0.39 is 0 Å². The summed E-state index contributed by atoms with van der Waals surface area (Å²) in [7, 11) is 0. The Morgan fingerprint density at radius 2 is 1.78 bits per heavy atom. The van der Waals surface area contributed by atoms with Crippen molar-refractivity contribution in [3.05, 3.63) is 77.7 Å². The number of halogens is 1. The average molecular weight is 300 g/mol. The van der Waals surface area contributed by atoms with E-state index in [1.807, 2.05) is 13.0 Å². The Hall–Kier alpha value is -2.74. The van der Waals surface area contributed by atoms with Gasteiger partial charge in [0.15, 0.2) is 12.7 Å². The Morgan fingerprint density at radius 3 is 2.70 bits per heavy atom. The van der Waals surface area contributed by atoms with Gasteiger partial charge in [0.25, 0.3) is 0 Å². The van der Waals surface area contributed by atoms with Crippen LogP contribution in [0.5, 0.6) is 0 Å². The molecular formula is C21H15FN+. The molecule has 23 heavy (non-hydrogen) atoms. The molecule has 0 bridgehead atoms. The van der Waals surface area contributed by atoms with E-state index in [-0.39, 0.29) is 5.82 Å².